The molecule has 0 aliphatic heterocycles. The summed E-state index contributed by atoms with van der Waals surface area (Å²) in [5.41, 5.74) is 2.95. The van der Waals surface area contributed by atoms with E-state index in [9.17, 15) is 0 Å². The first-order chi connectivity index (χ1) is 7.34. The van der Waals surface area contributed by atoms with E-state index in [2.05, 4.69) is 35.3 Å². The van der Waals surface area contributed by atoms with Crippen LogP contribution in [0.15, 0.2) is 30.5 Å². The minimum Gasteiger partial charge on any atom is -0.159 e. The number of fused-ring (bicyclic) bond motifs is 1. The molecule has 1 saturated carbocycles. The molecule has 1 aliphatic carbocycles. The number of aromatic nitrogens is 2. The smallest absolute Gasteiger partial charge is 0.0929 e. The molecule has 2 aromatic rings. The molecule has 0 radical (unpaired) electrons. The summed E-state index contributed by atoms with van der Waals surface area (Å²) in [6.45, 7) is 2.28. The Morgan fingerprint density at radius 3 is 2.87 bits per heavy atom. The Bertz CT molecular complexity index is 501. The minimum absolute atomic E-state index is 0.484. The van der Waals surface area contributed by atoms with Crippen LogP contribution in [-0.2, 0) is 5.41 Å². The van der Waals surface area contributed by atoms with Crippen molar-refractivity contribution in [2.24, 2.45) is 0 Å². The van der Waals surface area contributed by atoms with Gasteiger partial charge in [-0.25, -0.2) is 0 Å². The third kappa shape index (κ3) is 1.32. The van der Waals surface area contributed by atoms with Crippen molar-refractivity contribution in [3.63, 3.8) is 0 Å². The molecule has 0 saturated heterocycles. The van der Waals surface area contributed by atoms with E-state index in [4.69, 9.17) is 0 Å². The van der Waals surface area contributed by atoms with Gasteiger partial charge in [-0.3, -0.25) is 0 Å². The van der Waals surface area contributed by atoms with Gasteiger partial charge in [-0.05, 0) is 48.4 Å². The molecule has 0 atom stereocenters. The monoisotopic (exact) mass is 198 g/mol. The van der Waals surface area contributed by atoms with Crippen LogP contribution in [0.1, 0.15) is 31.7 Å². The largest absolute Gasteiger partial charge is 0.159 e. The Labute approximate surface area is 89.3 Å². The standard InChI is InChI=1S/C13H14N2/c1-2-13(6-7-13)11-3-4-12-10(9-11)5-8-14-15-12/h3-5,8-9H,2,6-7H2,1H3. The second-order valence-corrected chi connectivity index (χ2v) is 4.44. The molecule has 1 heterocycles. The van der Waals surface area contributed by atoms with E-state index in [0.717, 1.165) is 5.52 Å². The van der Waals surface area contributed by atoms with E-state index in [-0.39, 0.29) is 0 Å². The minimum atomic E-state index is 0.484. The lowest BCUT2D eigenvalue weighted by molar-refractivity contribution is 0.665. The molecule has 1 aliphatic rings. The SMILES string of the molecule is CCC1(c2ccc3nnccc3c2)CC1. The van der Waals surface area contributed by atoms with Crippen LogP contribution in [0.3, 0.4) is 0 Å². The van der Waals surface area contributed by atoms with Crippen molar-refractivity contribution in [2.45, 2.75) is 31.6 Å². The molecule has 0 spiro atoms. The second kappa shape index (κ2) is 3.02. The average Bonchev–Trinajstić information content (AvgIpc) is 3.09. The fourth-order valence-corrected chi connectivity index (χ4v) is 2.32. The van der Waals surface area contributed by atoms with Crippen molar-refractivity contribution >= 4 is 10.9 Å². The van der Waals surface area contributed by atoms with Crippen molar-refractivity contribution in [1.29, 1.82) is 0 Å². The number of benzene rings is 1. The zero-order valence-electron chi connectivity index (χ0n) is 8.90. The number of nitrogens with zero attached hydrogens (tertiary/aromatic N) is 2. The molecule has 1 aromatic carbocycles. The van der Waals surface area contributed by atoms with Gasteiger partial charge >= 0.3 is 0 Å². The summed E-state index contributed by atoms with van der Waals surface area (Å²) in [6, 6.07) is 8.62. The van der Waals surface area contributed by atoms with Crippen molar-refractivity contribution in [2.75, 3.05) is 0 Å². The highest BCUT2D eigenvalue weighted by molar-refractivity contribution is 5.78. The molecule has 0 unspecified atom stereocenters. The second-order valence-electron chi connectivity index (χ2n) is 4.44. The summed E-state index contributed by atoms with van der Waals surface area (Å²) in [7, 11) is 0. The summed E-state index contributed by atoms with van der Waals surface area (Å²) in [5.74, 6) is 0. The zero-order chi connectivity index (χ0) is 10.3. The van der Waals surface area contributed by atoms with Crippen LogP contribution in [0.4, 0.5) is 0 Å². The Morgan fingerprint density at radius 2 is 2.13 bits per heavy atom. The average molecular weight is 198 g/mol. The van der Waals surface area contributed by atoms with E-state index in [0.29, 0.717) is 5.41 Å². The normalized spacial score (nSPS) is 17.9. The first kappa shape index (κ1) is 8.84. The first-order valence-corrected chi connectivity index (χ1v) is 5.56. The lowest BCUT2D eigenvalue weighted by Crippen LogP contribution is -2.03. The van der Waals surface area contributed by atoms with Crippen LogP contribution in [0.5, 0.6) is 0 Å². The third-order valence-electron chi connectivity index (χ3n) is 3.66. The Hall–Kier alpha value is -1.44. The van der Waals surface area contributed by atoms with Crippen molar-refractivity contribution in [3.05, 3.63) is 36.0 Å². The molecule has 1 fully saturated rings. The summed E-state index contributed by atoms with van der Waals surface area (Å²) in [6.07, 6.45) is 5.69. The third-order valence-corrected chi connectivity index (χ3v) is 3.66. The number of hydrogen-bond donors (Lipinski definition) is 0. The van der Waals surface area contributed by atoms with E-state index in [1.165, 1.54) is 30.2 Å². The molecule has 15 heavy (non-hydrogen) atoms. The quantitative estimate of drug-likeness (QED) is 0.741. The van der Waals surface area contributed by atoms with Gasteiger partial charge in [-0.2, -0.15) is 10.2 Å². The van der Waals surface area contributed by atoms with Gasteiger partial charge in [-0.1, -0.05) is 13.0 Å². The molecule has 2 nitrogen and oxygen atoms in total. The highest BCUT2D eigenvalue weighted by atomic mass is 15.1. The molecule has 1 aromatic heterocycles. The summed E-state index contributed by atoms with van der Waals surface area (Å²) < 4.78 is 0. The van der Waals surface area contributed by atoms with Crippen LogP contribution in [-0.4, -0.2) is 10.2 Å². The molecule has 0 bridgehead atoms. The Balaban J connectivity index is 2.14. The van der Waals surface area contributed by atoms with Gasteiger partial charge in [0.25, 0.3) is 0 Å². The number of hydrogen-bond acceptors (Lipinski definition) is 2. The molecule has 76 valence electrons. The van der Waals surface area contributed by atoms with Crippen molar-refractivity contribution in [3.8, 4) is 0 Å². The summed E-state index contributed by atoms with van der Waals surface area (Å²) in [5, 5.41) is 9.20. The van der Waals surface area contributed by atoms with Gasteiger partial charge in [0.1, 0.15) is 0 Å². The predicted octanol–water partition coefficient (Wildman–Crippen LogP) is 3.07. The maximum absolute atomic E-state index is 4.10. The van der Waals surface area contributed by atoms with E-state index >= 15 is 0 Å². The fraction of sp³-hybridized carbons (Fsp3) is 0.385. The predicted molar refractivity (Wildman–Crippen MR) is 60.7 cm³/mol. The van der Waals surface area contributed by atoms with Gasteiger partial charge in [-0.15, -0.1) is 0 Å². The lowest BCUT2D eigenvalue weighted by atomic mass is 9.92. The van der Waals surface area contributed by atoms with E-state index in [1.807, 2.05) is 6.07 Å². The van der Waals surface area contributed by atoms with Crippen LogP contribution < -0.4 is 0 Å². The fourth-order valence-electron chi connectivity index (χ4n) is 2.32. The maximum atomic E-state index is 4.10. The van der Waals surface area contributed by atoms with Gasteiger partial charge in [0.05, 0.1) is 11.7 Å². The number of rotatable bonds is 2. The summed E-state index contributed by atoms with van der Waals surface area (Å²) >= 11 is 0. The summed E-state index contributed by atoms with van der Waals surface area (Å²) in [4.78, 5) is 0. The zero-order valence-corrected chi connectivity index (χ0v) is 8.90. The van der Waals surface area contributed by atoms with Crippen LogP contribution in [0, 0.1) is 0 Å². The molecular weight excluding hydrogens is 184 g/mol. The van der Waals surface area contributed by atoms with Crippen molar-refractivity contribution in [1.82, 2.24) is 10.2 Å². The van der Waals surface area contributed by atoms with Crippen molar-refractivity contribution < 1.29 is 0 Å². The van der Waals surface area contributed by atoms with E-state index < -0.39 is 0 Å². The Kier molecular flexibility index (Phi) is 1.78. The maximum Gasteiger partial charge on any atom is 0.0929 e. The van der Waals surface area contributed by atoms with Gasteiger partial charge in [0.15, 0.2) is 0 Å². The van der Waals surface area contributed by atoms with Crippen LogP contribution in [0.2, 0.25) is 0 Å². The van der Waals surface area contributed by atoms with Gasteiger partial charge in [0, 0.05) is 5.39 Å². The first-order valence-electron chi connectivity index (χ1n) is 5.56. The topological polar surface area (TPSA) is 25.8 Å². The Morgan fingerprint density at radius 1 is 1.27 bits per heavy atom. The molecule has 3 rings (SSSR count). The molecule has 2 heteroatoms. The van der Waals surface area contributed by atoms with E-state index in [1.54, 1.807) is 6.20 Å². The highest BCUT2D eigenvalue weighted by Crippen LogP contribution is 2.51. The van der Waals surface area contributed by atoms with Gasteiger partial charge in [0.2, 0.25) is 0 Å². The molecular formula is C13H14N2. The van der Waals surface area contributed by atoms with Gasteiger partial charge < -0.3 is 0 Å². The lowest BCUT2D eigenvalue weighted by Gasteiger charge is -2.13. The van der Waals surface area contributed by atoms with Crippen LogP contribution >= 0.6 is 0 Å². The molecule has 0 N–H and O–H groups in total. The van der Waals surface area contributed by atoms with Crippen LogP contribution in [0.25, 0.3) is 10.9 Å². The highest BCUT2D eigenvalue weighted by Gasteiger charge is 2.42. The molecule has 0 amide bonds.